The normalized spacial score (nSPS) is 15.2. The van der Waals surface area contributed by atoms with Gasteiger partial charge in [0.1, 0.15) is 5.75 Å². The first-order valence-electron chi connectivity index (χ1n) is 6.55. The summed E-state index contributed by atoms with van der Waals surface area (Å²) in [5.74, 6) is 1.17. The van der Waals surface area contributed by atoms with Crippen LogP contribution in [0.25, 0.3) is 0 Å². The largest absolute Gasteiger partial charge is 0.436 e. The van der Waals surface area contributed by atoms with E-state index >= 15 is 0 Å². The number of thiol groups is 1. The summed E-state index contributed by atoms with van der Waals surface area (Å²) in [5, 5.41) is 3.33. The minimum absolute atomic E-state index is 0.495. The molecule has 2 aromatic rings. The molecule has 1 fully saturated rings. The van der Waals surface area contributed by atoms with E-state index in [1.54, 1.807) is 12.4 Å². The molecule has 1 aliphatic rings. The third kappa shape index (κ3) is 3.02. The van der Waals surface area contributed by atoms with Gasteiger partial charge in [0.05, 0.1) is 23.0 Å². The summed E-state index contributed by atoms with van der Waals surface area (Å²) in [7, 11) is 0. The zero-order valence-corrected chi connectivity index (χ0v) is 11.9. The number of hydrogen-bond donors (Lipinski definition) is 2. The van der Waals surface area contributed by atoms with Gasteiger partial charge in [-0.1, -0.05) is 0 Å². The van der Waals surface area contributed by atoms with E-state index in [4.69, 9.17) is 4.74 Å². The summed E-state index contributed by atoms with van der Waals surface area (Å²) >= 11 is 4.33. The number of nitrogens with one attached hydrogen (secondary N) is 1. The Bertz CT molecular complexity index is 587. The number of hydrogen-bond acceptors (Lipinski definition) is 6. The predicted molar refractivity (Wildman–Crippen MR) is 80.9 cm³/mol. The van der Waals surface area contributed by atoms with Gasteiger partial charge in [0.2, 0.25) is 5.88 Å². The molecule has 0 amide bonds. The molecule has 0 unspecified atom stereocenters. The van der Waals surface area contributed by atoms with Gasteiger partial charge < -0.3 is 15.0 Å². The van der Waals surface area contributed by atoms with Crippen LogP contribution < -0.4 is 15.0 Å². The van der Waals surface area contributed by atoms with Crippen molar-refractivity contribution in [2.24, 2.45) is 0 Å². The smallest absolute Gasteiger partial charge is 0.232 e. The first-order valence-corrected chi connectivity index (χ1v) is 7.00. The van der Waals surface area contributed by atoms with Gasteiger partial charge in [-0.3, -0.25) is 4.98 Å². The number of pyridine rings is 2. The van der Waals surface area contributed by atoms with Gasteiger partial charge in [-0.2, -0.15) is 0 Å². The summed E-state index contributed by atoms with van der Waals surface area (Å²) in [6.07, 6.45) is 5.23. The lowest BCUT2D eigenvalue weighted by Gasteiger charge is -2.29. The Balaban J connectivity index is 1.79. The quantitative estimate of drug-likeness (QED) is 0.846. The molecule has 20 heavy (non-hydrogen) atoms. The summed E-state index contributed by atoms with van der Waals surface area (Å²) in [6, 6.07) is 5.66. The van der Waals surface area contributed by atoms with E-state index in [0.29, 0.717) is 16.5 Å². The first-order chi connectivity index (χ1) is 9.83. The van der Waals surface area contributed by atoms with Gasteiger partial charge >= 0.3 is 0 Å². The molecule has 0 aromatic carbocycles. The van der Waals surface area contributed by atoms with Crippen molar-refractivity contribution >= 4 is 18.3 Å². The molecule has 5 nitrogen and oxygen atoms in total. The van der Waals surface area contributed by atoms with Crippen molar-refractivity contribution in [3.05, 3.63) is 36.8 Å². The number of aromatic nitrogens is 2. The van der Waals surface area contributed by atoms with Crippen LogP contribution >= 0.6 is 12.6 Å². The Morgan fingerprint density at radius 2 is 2.10 bits per heavy atom. The van der Waals surface area contributed by atoms with E-state index in [1.165, 1.54) is 0 Å². The molecule has 104 valence electrons. The molecule has 0 aliphatic carbocycles. The van der Waals surface area contributed by atoms with Crippen LogP contribution in [0.4, 0.5) is 5.69 Å². The third-order valence-corrected chi connectivity index (χ3v) is 3.49. The topological polar surface area (TPSA) is 50.3 Å². The standard InChI is InChI=1S/C14H16N4OS/c20-13-2-1-3-17-14(13)19-12-8-11(9-16-10-12)18-6-4-15-5-7-18/h1-3,8-10,15,20H,4-7H2. The summed E-state index contributed by atoms with van der Waals surface area (Å²) < 4.78 is 5.75. The van der Waals surface area contributed by atoms with Crippen LogP contribution in [0.5, 0.6) is 11.6 Å². The van der Waals surface area contributed by atoms with E-state index in [2.05, 4.69) is 32.8 Å². The highest BCUT2D eigenvalue weighted by Gasteiger charge is 2.12. The Kier molecular flexibility index (Phi) is 4.03. The second kappa shape index (κ2) is 6.11. The molecule has 0 bridgehead atoms. The van der Waals surface area contributed by atoms with Crippen molar-refractivity contribution in [3.63, 3.8) is 0 Å². The van der Waals surface area contributed by atoms with Crippen molar-refractivity contribution in [3.8, 4) is 11.6 Å². The van der Waals surface area contributed by atoms with Crippen LogP contribution in [0.1, 0.15) is 0 Å². The van der Waals surface area contributed by atoms with Gasteiger partial charge in [0.25, 0.3) is 0 Å². The molecular formula is C14H16N4OS. The molecular weight excluding hydrogens is 272 g/mol. The van der Waals surface area contributed by atoms with Crippen LogP contribution in [0.3, 0.4) is 0 Å². The average Bonchev–Trinajstić information content (AvgIpc) is 2.51. The molecule has 0 radical (unpaired) electrons. The maximum absolute atomic E-state index is 5.75. The van der Waals surface area contributed by atoms with Crippen molar-refractivity contribution < 1.29 is 4.74 Å². The van der Waals surface area contributed by atoms with Gasteiger partial charge in [-0.25, -0.2) is 4.98 Å². The number of nitrogens with zero attached hydrogens (tertiary/aromatic N) is 3. The molecule has 6 heteroatoms. The molecule has 1 aliphatic heterocycles. The summed E-state index contributed by atoms with van der Waals surface area (Å²) in [6.45, 7) is 3.94. The molecule has 0 atom stereocenters. The highest BCUT2D eigenvalue weighted by atomic mass is 32.1. The maximum atomic E-state index is 5.75. The van der Waals surface area contributed by atoms with Crippen LogP contribution in [0.15, 0.2) is 41.7 Å². The summed E-state index contributed by atoms with van der Waals surface area (Å²) in [4.78, 5) is 11.4. The fraction of sp³-hybridized carbons (Fsp3) is 0.286. The van der Waals surface area contributed by atoms with Crippen molar-refractivity contribution in [1.29, 1.82) is 0 Å². The lowest BCUT2D eigenvalue weighted by atomic mass is 10.3. The van der Waals surface area contributed by atoms with Gasteiger partial charge in [-0.05, 0) is 12.1 Å². The molecule has 3 heterocycles. The molecule has 1 saturated heterocycles. The van der Waals surface area contributed by atoms with Gasteiger partial charge in [0.15, 0.2) is 0 Å². The number of anilines is 1. The number of ether oxygens (including phenoxy) is 1. The highest BCUT2D eigenvalue weighted by molar-refractivity contribution is 7.80. The number of piperazine rings is 1. The maximum Gasteiger partial charge on any atom is 0.232 e. The minimum atomic E-state index is 0.495. The van der Waals surface area contributed by atoms with Crippen LogP contribution in [0, 0.1) is 0 Å². The highest BCUT2D eigenvalue weighted by Crippen LogP contribution is 2.27. The molecule has 3 rings (SSSR count). The van der Waals surface area contributed by atoms with Crippen LogP contribution in [-0.4, -0.2) is 36.1 Å². The van der Waals surface area contributed by atoms with E-state index < -0.39 is 0 Å². The van der Waals surface area contributed by atoms with Crippen molar-refractivity contribution in [2.75, 3.05) is 31.1 Å². The fourth-order valence-corrected chi connectivity index (χ4v) is 2.32. The zero-order chi connectivity index (χ0) is 13.8. The van der Waals surface area contributed by atoms with Gasteiger partial charge in [-0.15, -0.1) is 12.6 Å². The van der Waals surface area contributed by atoms with Crippen molar-refractivity contribution in [2.45, 2.75) is 4.90 Å². The van der Waals surface area contributed by atoms with Gasteiger partial charge in [0, 0.05) is 38.4 Å². The van der Waals surface area contributed by atoms with Crippen molar-refractivity contribution in [1.82, 2.24) is 15.3 Å². The fourth-order valence-electron chi connectivity index (χ4n) is 2.13. The van der Waals surface area contributed by atoms with E-state index in [-0.39, 0.29) is 0 Å². The average molecular weight is 288 g/mol. The van der Waals surface area contributed by atoms with E-state index in [0.717, 1.165) is 31.9 Å². The molecule has 2 aromatic heterocycles. The lowest BCUT2D eigenvalue weighted by Crippen LogP contribution is -2.43. The summed E-state index contributed by atoms with van der Waals surface area (Å²) in [5.41, 5.74) is 1.07. The monoisotopic (exact) mass is 288 g/mol. The van der Waals surface area contributed by atoms with E-state index in [1.807, 2.05) is 24.4 Å². The molecule has 0 saturated carbocycles. The first kappa shape index (κ1) is 13.2. The minimum Gasteiger partial charge on any atom is -0.436 e. The Labute approximate surface area is 123 Å². The van der Waals surface area contributed by atoms with E-state index in [9.17, 15) is 0 Å². The second-order valence-electron chi connectivity index (χ2n) is 4.55. The third-order valence-electron chi connectivity index (χ3n) is 3.15. The lowest BCUT2D eigenvalue weighted by molar-refractivity contribution is 0.448. The van der Waals surface area contributed by atoms with Crippen LogP contribution in [0.2, 0.25) is 0 Å². The molecule has 1 N–H and O–H groups in total. The molecule has 0 spiro atoms. The Morgan fingerprint density at radius 1 is 1.25 bits per heavy atom. The second-order valence-corrected chi connectivity index (χ2v) is 5.03. The predicted octanol–water partition coefficient (Wildman–Crippen LogP) is 1.97. The zero-order valence-electron chi connectivity index (χ0n) is 11.0. The SMILES string of the molecule is Sc1cccnc1Oc1cncc(N2CCNCC2)c1. The Hall–Kier alpha value is -1.79. The number of rotatable bonds is 3. The Morgan fingerprint density at radius 3 is 2.90 bits per heavy atom. The van der Waals surface area contributed by atoms with Crippen LogP contribution in [-0.2, 0) is 0 Å².